The van der Waals surface area contributed by atoms with Crippen LogP contribution in [-0.2, 0) is 22.5 Å². The Morgan fingerprint density at radius 3 is 3.20 bits per heavy atom. The molecule has 0 bridgehead atoms. The molecule has 0 atom stereocenters. The minimum absolute atomic E-state index is 0.316. The van der Waals surface area contributed by atoms with Gasteiger partial charge in [0.15, 0.2) is 0 Å². The van der Waals surface area contributed by atoms with Crippen LogP contribution in [0.2, 0.25) is 5.15 Å². The van der Waals surface area contributed by atoms with Crippen LogP contribution in [-0.4, -0.2) is 24.7 Å². The van der Waals surface area contributed by atoms with E-state index in [1.165, 1.54) is 13.2 Å². The first-order chi connectivity index (χ1) is 7.22. The highest BCUT2D eigenvalue weighted by Gasteiger charge is 2.20. The Balaban J connectivity index is 2.52. The first kappa shape index (κ1) is 10.4. The van der Waals surface area contributed by atoms with Crippen LogP contribution in [0.15, 0.2) is 6.07 Å². The van der Waals surface area contributed by atoms with Crippen molar-refractivity contribution in [2.24, 2.45) is 0 Å². The molecule has 2 rings (SSSR count). The van der Waals surface area contributed by atoms with E-state index >= 15 is 0 Å². The van der Waals surface area contributed by atoms with Crippen LogP contribution in [0.3, 0.4) is 0 Å². The highest BCUT2D eigenvalue weighted by Crippen LogP contribution is 2.23. The van der Waals surface area contributed by atoms with Crippen molar-refractivity contribution >= 4 is 17.6 Å². The predicted octanol–water partition coefficient (Wildman–Crippen LogP) is 1.59. The summed E-state index contributed by atoms with van der Waals surface area (Å²) in [6, 6.07) is 1.51. The smallest absolute Gasteiger partial charge is 0.338 e. The Morgan fingerprint density at radius 1 is 1.67 bits per heavy atom. The minimum Gasteiger partial charge on any atom is -0.465 e. The molecule has 0 saturated heterocycles. The summed E-state index contributed by atoms with van der Waals surface area (Å²) in [5, 5.41) is 0.316. The van der Waals surface area contributed by atoms with Crippen LogP contribution in [0.1, 0.15) is 21.6 Å². The molecule has 0 N–H and O–H groups in total. The molecule has 0 amide bonds. The Hall–Kier alpha value is -1.13. The molecule has 0 aromatic carbocycles. The number of carbonyl (C=O) groups excluding carboxylic acids is 1. The van der Waals surface area contributed by atoms with E-state index < -0.39 is 5.97 Å². The normalized spacial score (nSPS) is 14.5. The SMILES string of the molecule is COC(=O)c1cc(Cl)nc2c1COCC2. The van der Waals surface area contributed by atoms with Gasteiger partial charge in [0.25, 0.3) is 0 Å². The molecule has 1 aliphatic heterocycles. The van der Waals surface area contributed by atoms with Gasteiger partial charge in [0.05, 0.1) is 31.6 Å². The molecular formula is C10H10ClNO3. The van der Waals surface area contributed by atoms with Gasteiger partial charge in [0, 0.05) is 12.0 Å². The first-order valence-corrected chi connectivity index (χ1v) is 4.94. The molecule has 80 valence electrons. The molecule has 5 heteroatoms. The summed E-state index contributed by atoms with van der Waals surface area (Å²) in [5.41, 5.74) is 2.07. The van der Waals surface area contributed by atoms with Crippen molar-refractivity contribution in [1.82, 2.24) is 4.98 Å². The molecular weight excluding hydrogens is 218 g/mol. The predicted molar refractivity (Wildman–Crippen MR) is 53.9 cm³/mol. The second-order valence-electron chi connectivity index (χ2n) is 3.21. The molecule has 4 nitrogen and oxygen atoms in total. The maximum Gasteiger partial charge on any atom is 0.338 e. The van der Waals surface area contributed by atoms with Crippen LogP contribution in [0.5, 0.6) is 0 Å². The van der Waals surface area contributed by atoms with Crippen molar-refractivity contribution < 1.29 is 14.3 Å². The molecule has 0 unspecified atom stereocenters. The minimum atomic E-state index is -0.402. The molecule has 0 fully saturated rings. The second-order valence-corrected chi connectivity index (χ2v) is 3.60. The Morgan fingerprint density at radius 2 is 2.47 bits per heavy atom. The van der Waals surface area contributed by atoms with E-state index in [0.717, 1.165) is 11.3 Å². The lowest BCUT2D eigenvalue weighted by atomic mass is 10.0. The standard InChI is InChI=1S/C10H10ClNO3/c1-14-10(13)6-4-9(11)12-8-2-3-15-5-7(6)8/h4H,2-3,5H2,1H3. The van der Waals surface area contributed by atoms with Gasteiger partial charge in [-0.1, -0.05) is 11.6 Å². The van der Waals surface area contributed by atoms with Crippen LogP contribution >= 0.6 is 11.6 Å². The largest absolute Gasteiger partial charge is 0.465 e. The summed E-state index contributed by atoms with van der Waals surface area (Å²) >= 11 is 5.82. The van der Waals surface area contributed by atoms with E-state index in [4.69, 9.17) is 16.3 Å². The third-order valence-corrected chi connectivity index (χ3v) is 2.51. The van der Waals surface area contributed by atoms with Crippen LogP contribution < -0.4 is 0 Å². The summed E-state index contributed by atoms with van der Waals surface area (Å²) < 4.78 is 9.96. The number of aromatic nitrogens is 1. The summed E-state index contributed by atoms with van der Waals surface area (Å²) in [6.45, 7) is 1.00. The van der Waals surface area contributed by atoms with Crippen LogP contribution in [0, 0.1) is 0 Å². The monoisotopic (exact) mass is 227 g/mol. The van der Waals surface area contributed by atoms with E-state index in [2.05, 4.69) is 9.72 Å². The number of esters is 1. The maximum absolute atomic E-state index is 11.5. The number of nitrogens with zero attached hydrogens (tertiary/aromatic N) is 1. The lowest BCUT2D eigenvalue weighted by Gasteiger charge is -2.18. The Kier molecular flexibility index (Phi) is 2.88. The fraction of sp³-hybridized carbons (Fsp3) is 0.400. The summed E-state index contributed by atoms with van der Waals surface area (Å²) in [7, 11) is 1.34. The van der Waals surface area contributed by atoms with E-state index in [9.17, 15) is 4.79 Å². The summed E-state index contributed by atoms with van der Waals surface area (Å²) in [6.07, 6.45) is 0.680. The summed E-state index contributed by atoms with van der Waals surface area (Å²) in [4.78, 5) is 15.6. The van der Waals surface area contributed by atoms with Gasteiger partial charge in [-0.05, 0) is 6.07 Å². The molecule has 1 aromatic heterocycles. The number of methoxy groups -OCH3 is 1. The van der Waals surface area contributed by atoms with Crippen molar-refractivity contribution in [1.29, 1.82) is 0 Å². The van der Waals surface area contributed by atoms with Gasteiger partial charge in [-0.2, -0.15) is 0 Å². The average molecular weight is 228 g/mol. The average Bonchev–Trinajstić information content (AvgIpc) is 2.26. The molecule has 1 aliphatic rings. The van der Waals surface area contributed by atoms with E-state index in [0.29, 0.717) is 30.4 Å². The summed E-state index contributed by atoms with van der Waals surface area (Å²) in [5.74, 6) is -0.402. The fourth-order valence-electron chi connectivity index (χ4n) is 1.59. The van der Waals surface area contributed by atoms with Crippen molar-refractivity contribution in [3.63, 3.8) is 0 Å². The number of pyridine rings is 1. The number of hydrogen-bond donors (Lipinski definition) is 0. The van der Waals surface area contributed by atoms with Crippen molar-refractivity contribution in [3.8, 4) is 0 Å². The molecule has 0 aliphatic carbocycles. The molecule has 0 spiro atoms. The molecule has 2 heterocycles. The number of ether oxygens (including phenoxy) is 2. The molecule has 15 heavy (non-hydrogen) atoms. The van der Waals surface area contributed by atoms with Gasteiger partial charge in [-0.25, -0.2) is 9.78 Å². The van der Waals surface area contributed by atoms with E-state index in [1.54, 1.807) is 0 Å². The lowest BCUT2D eigenvalue weighted by molar-refractivity contribution is 0.0587. The highest BCUT2D eigenvalue weighted by molar-refractivity contribution is 6.29. The highest BCUT2D eigenvalue weighted by atomic mass is 35.5. The zero-order valence-electron chi connectivity index (χ0n) is 8.25. The van der Waals surface area contributed by atoms with Crippen molar-refractivity contribution in [3.05, 3.63) is 28.0 Å². The van der Waals surface area contributed by atoms with Crippen LogP contribution in [0.25, 0.3) is 0 Å². The Bertz CT molecular complexity index is 406. The lowest BCUT2D eigenvalue weighted by Crippen LogP contribution is -2.17. The topological polar surface area (TPSA) is 48.4 Å². The maximum atomic E-state index is 11.5. The number of carbonyl (C=O) groups is 1. The first-order valence-electron chi connectivity index (χ1n) is 4.56. The zero-order chi connectivity index (χ0) is 10.8. The third-order valence-electron chi connectivity index (χ3n) is 2.31. The zero-order valence-corrected chi connectivity index (χ0v) is 9.00. The van der Waals surface area contributed by atoms with Crippen molar-refractivity contribution in [2.75, 3.05) is 13.7 Å². The van der Waals surface area contributed by atoms with Gasteiger partial charge in [-0.15, -0.1) is 0 Å². The van der Waals surface area contributed by atoms with Gasteiger partial charge in [0.2, 0.25) is 0 Å². The second kappa shape index (κ2) is 4.16. The Labute approximate surface area is 92.2 Å². The van der Waals surface area contributed by atoms with Gasteiger partial charge >= 0.3 is 5.97 Å². The van der Waals surface area contributed by atoms with Gasteiger partial charge in [0.1, 0.15) is 5.15 Å². The third kappa shape index (κ3) is 1.96. The molecule has 1 aromatic rings. The number of fused-ring (bicyclic) bond motifs is 1. The number of hydrogen-bond acceptors (Lipinski definition) is 4. The number of halogens is 1. The molecule has 0 saturated carbocycles. The van der Waals surface area contributed by atoms with Gasteiger partial charge in [-0.3, -0.25) is 0 Å². The van der Waals surface area contributed by atoms with Gasteiger partial charge < -0.3 is 9.47 Å². The van der Waals surface area contributed by atoms with Crippen LogP contribution in [0.4, 0.5) is 0 Å². The van der Waals surface area contributed by atoms with E-state index in [1.807, 2.05) is 0 Å². The molecule has 0 radical (unpaired) electrons. The number of rotatable bonds is 1. The van der Waals surface area contributed by atoms with Crippen molar-refractivity contribution in [2.45, 2.75) is 13.0 Å². The quantitative estimate of drug-likeness (QED) is 0.540. The fourth-order valence-corrected chi connectivity index (χ4v) is 1.80. The van der Waals surface area contributed by atoms with E-state index in [-0.39, 0.29) is 0 Å².